The normalized spacial score (nSPS) is 10.9. The maximum Gasteiger partial charge on any atom is 0.274 e. The summed E-state index contributed by atoms with van der Waals surface area (Å²) in [6, 6.07) is 19.5. The van der Waals surface area contributed by atoms with Crippen molar-refractivity contribution < 1.29 is 0 Å². The van der Waals surface area contributed by atoms with E-state index in [0.717, 1.165) is 11.3 Å². The first-order chi connectivity index (χ1) is 13.2. The van der Waals surface area contributed by atoms with Crippen LogP contribution in [0.1, 0.15) is 16.8 Å². The van der Waals surface area contributed by atoms with E-state index in [1.54, 1.807) is 0 Å². The number of aromatic nitrogens is 4. The summed E-state index contributed by atoms with van der Waals surface area (Å²) in [5.74, 6) is 0.853. The van der Waals surface area contributed by atoms with Crippen molar-refractivity contribution >= 4 is 17.4 Å². The summed E-state index contributed by atoms with van der Waals surface area (Å²) in [6.07, 6.45) is 0. The SMILES string of the molecule is Cc1cccc(NCc2cc(=O)n3[nH]c(NCc4ccccc4)nc3n2)c1. The van der Waals surface area contributed by atoms with Crippen LogP contribution < -0.4 is 16.2 Å². The van der Waals surface area contributed by atoms with E-state index in [-0.39, 0.29) is 5.56 Å². The number of aryl methyl sites for hydroxylation is 1. The zero-order chi connectivity index (χ0) is 18.6. The fourth-order valence-electron chi connectivity index (χ4n) is 2.83. The van der Waals surface area contributed by atoms with Gasteiger partial charge in [0, 0.05) is 18.3 Å². The summed E-state index contributed by atoms with van der Waals surface area (Å²) in [7, 11) is 0. The monoisotopic (exact) mass is 360 g/mol. The molecule has 136 valence electrons. The van der Waals surface area contributed by atoms with Crippen LogP contribution in [0.2, 0.25) is 0 Å². The molecule has 0 fully saturated rings. The molecule has 2 heterocycles. The Morgan fingerprint density at radius 3 is 2.63 bits per heavy atom. The zero-order valence-electron chi connectivity index (χ0n) is 14.9. The smallest absolute Gasteiger partial charge is 0.274 e. The van der Waals surface area contributed by atoms with Gasteiger partial charge in [-0.15, -0.1) is 0 Å². The molecule has 7 heteroatoms. The number of nitrogens with zero attached hydrogens (tertiary/aromatic N) is 3. The second-order valence-corrected chi connectivity index (χ2v) is 6.36. The van der Waals surface area contributed by atoms with Gasteiger partial charge in [-0.05, 0) is 30.2 Å². The quantitative estimate of drug-likeness (QED) is 0.492. The van der Waals surface area contributed by atoms with Crippen molar-refractivity contribution in [2.75, 3.05) is 10.6 Å². The van der Waals surface area contributed by atoms with Gasteiger partial charge in [-0.2, -0.15) is 9.50 Å². The zero-order valence-corrected chi connectivity index (χ0v) is 14.9. The van der Waals surface area contributed by atoms with Crippen molar-refractivity contribution in [3.63, 3.8) is 0 Å². The van der Waals surface area contributed by atoms with Gasteiger partial charge in [0.25, 0.3) is 11.3 Å². The first-order valence-corrected chi connectivity index (χ1v) is 8.74. The second-order valence-electron chi connectivity index (χ2n) is 6.36. The second kappa shape index (κ2) is 7.33. The topological polar surface area (TPSA) is 87.1 Å². The molecule has 7 nitrogen and oxygen atoms in total. The first-order valence-electron chi connectivity index (χ1n) is 8.74. The molecule has 0 aliphatic heterocycles. The molecule has 4 aromatic rings. The molecule has 0 bridgehead atoms. The van der Waals surface area contributed by atoms with E-state index in [4.69, 9.17) is 0 Å². The highest BCUT2D eigenvalue weighted by molar-refractivity contribution is 5.46. The number of aromatic amines is 1. The Kier molecular flexibility index (Phi) is 4.57. The molecule has 0 saturated carbocycles. The van der Waals surface area contributed by atoms with Crippen molar-refractivity contribution in [2.24, 2.45) is 0 Å². The third kappa shape index (κ3) is 3.98. The molecular weight excluding hydrogens is 340 g/mol. The van der Waals surface area contributed by atoms with E-state index in [2.05, 4.69) is 25.7 Å². The minimum atomic E-state index is -0.193. The van der Waals surface area contributed by atoms with Crippen LogP contribution in [-0.4, -0.2) is 19.6 Å². The Morgan fingerprint density at radius 2 is 1.81 bits per heavy atom. The third-order valence-corrected chi connectivity index (χ3v) is 4.18. The van der Waals surface area contributed by atoms with Gasteiger partial charge in [0.05, 0.1) is 12.2 Å². The summed E-state index contributed by atoms with van der Waals surface area (Å²) in [4.78, 5) is 21.2. The molecule has 2 aromatic carbocycles. The van der Waals surface area contributed by atoms with E-state index in [9.17, 15) is 4.79 Å². The van der Waals surface area contributed by atoms with Gasteiger partial charge >= 0.3 is 0 Å². The first kappa shape index (κ1) is 16.8. The van der Waals surface area contributed by atoms with Crippen LogP contribution in [0, 0.1) is 6.92 Å². The van der Waals surface area contributed by atoms with Crippen molar-refractivity contribution in [3.05, 3.63) is 87.8 Å². The van der Waals surface area contributed by atoms with E-state index in [1.165, 1.54) is 16.1 Å². The molecule has 0 amide bonds. The highest BCUT2D eigenvalue weighted by Crippen LogP contribution is 2.11. The van der Waals surface area contributed by atoms with Crippen LogP contribution in [0.25, 0.3) is 5.78 Å². The Bertz CT molecular complexity index is 1120. The number of H-pyrrole nitrogens is 1. The van der Waals surface area contributed by atoms with Crippen LogP contribution in [0.5, 0.6) is 0 Å². The predicted molar refractivity (Wildman–Crippen MR) is 106 cm³/mol. The van der Waals surface area contributed by atoms with E-state index in [1.807, 2.05) is 61.5 Å². The van der Waals surface area contributed by atoms with Gasteiger partial charge in [-0.1, -0.05) is 42.5 Å². The lowest BCUT2D eigenvalue weighted by atomic mass is 10.2. The maximum absolute atomic E-state index is 12.3. The molecule has 0 radical (unpaired) electrons. The van der Waals surface area contributed by atoms with Crippen LogP contribution in [0.15, 0.2) is 65.5 Å². The number of hydrogen-bond donors (Lipinski definition) is 3. The fraction of sp³-hybridized carbons (Fsp3) is 0.150. The van der Waals surface area contributed by atoms with Crippen molar-refractivity contribution in [3.8, 4) is 0 Å². The lowest BCUT2D eigenvalue weighted by Gasteiger charge is -2.06. The molecule has 0 saturated heterocycles. The molecule has 0 spiro atoms. The highest BCUT2D eigenvalue weighted by atomic mass is 16.1. The highest BCUT2D eigenvalue weighted by Gasteiger charge is 2.08. The Morgan fingerprint density at radius 1 is 0.963 bits per heavy atom. The van der Waals surface area contributed by atoms with Gasteiger partial charge in [0.1, 0.15) is 0 Å². The molecule has 0 unspecified atom stereocenters. The van der Waals surface area contributed by atoms with E-state index in [0.29, 0.717) is 30.5 Å². The Hall–Kier alpha value is -3.61. The van der Waals surface area contributed by atoms with Crippen molar-refractivity contribution in [1.82, 2.24) is 19.6 Å². The Labute approximate surface area is 156 Å². The summed E-state index contributed by atoms with van der Waals surface area (Å²) < 4.78 is 1.34. The summed E-state index contributed by atoms with van der Waals surface area (Å²) in [5.41, 5.74) is 3.74. The number of rotatable bonds is 6. The molecule has 4 rings (SSSR count). The fourth-order valence-corrected chi connectivity index (χ4v) is 2.83. The minimum Gasteiger partial charge on any atom is -0.379 e. The number of hydrogen-bond acceptors (Lipinski definition) is 5. The predicted octanol–water partition coefficient (Wildman–Crippen LogP) is 2.95. The van der Waals surface area contributed by atoms with Crippen LogP contribution >= 0.6 is 0 Å². The van der Waals surface area contributed by atoms with Gasteiger partial charge in [0.2, 0.25) is 5.95 Å². The largest absolute Gasteiger partial charge is 0.379 e. The lowest BCUT2D eigenvalue weighted by Crippen LogP contribution is -2.17. The molecule has 3 N–H and O–H groups in total. The van der Waals surface area contributed by atoms with Gasteiger partial charge in [-0.25, -0.2) is 4.98 Å². The third-order valence-electron chi connectivity index (χ3n) is 4.18. The number of fused-ring (bicyclic) bond motifs is 1. The van der Waals surface area contributed by atoms with Crippen LogP contribution in [0.4, 0.5) is 11.6 Å². The van der Waals surface area contributed by atoms with Crippen LogP contribution in [-0.2, 0) is 13.1 Å². The molecular formula is C20H20N6O. The molecule has 0 aliphatic carbocycles. The van der Waals surface area contributed by atoms with Gasteiger partial charge in [-0.3, -0.25) is 9.89 Å². The Balaban J connectivity index is 1.50. The van der Waals surface area contributed by atoms with Gasteiger partial charge in [0.15, 0.2) is 0 Å². The average molecular weight is 360 g/mol. The minimum absolute atomic E-state index is 0.193. The van der Waals surface area contributed by atoms with Gasteiger partial charge < -0.3 is 10.6 Å². The number of nitrogens with one attached hydrogen (secondary N) is 3. The maximum atomic E-state index is 12.3. The number of benzene rings is 2. The molecule has 0 atom stereocenters. The van der Waals surface area contributed by atoms with E-state index < -0.39 is 0 Å². The molecule has 27 heavy (non-hydrogen) atoms. The average Bonchev–Trinajstić information content (AvgIpc) is 3.09. The van der Waals surface area contributed by atoms with Crippen molar-refractivity contribution in [1.29, 1.82) is 0 Å². The standard InChI is InChI=1S/C20H20N6O/c1-14-6-5-9-16(10-14)21-13-17-11-18(27)26-20(23-17)24-19(25-26)22-12-15-7-3-2-4-8-15/h2-11,21H,12-13H2,1H3,(H2,22,23,24,25). The number of anilines is 2. The molecule has 0 aliphatic rings. The van der Waals surface area contributed by atoms with Crippen LogP contribution in [0.3, 0.4) is 0 Å². The summed E-state index contributed by atoms with van der Waals surface area (Å²) in [5, 5.41) is 9.40. The summed E-state index contributed by atoms with van der Waals surface area (Å²) >= 11 is 0. The lowest BCUT2D eigenvalue weighted by molar-refractivity contribution is 0.874. The summed E-state index contributed by atoms with van der Waals surface area (Å²) in [6.45, 7) is 3.10. The molecule has 2 aromatic heterocycles. The van der Waals surface area contributed by atoms with Crippen molar-refractivity contribution in [2.45, 2.75) is 20.0 Å². The van der Waals surface area contributed by atoms with E-state index >= 15 is 0 Å².